The molecule has 0 aliphatic carbocycles. The first-order valence-corrected chi connectivity index (χ1v) is 60.6. The van der Waals surface area contributed by atoms with Crippen molar-refractivity contribution in [1.82, 2.24) is 0 Å². The van der Waals surface area contributed by atoms with Gasteiger partial charge >= 0.3 is 853 Å². The van der Waals surface area contributed by atoms with Gasteiger partial charge in [0.25, 0.3) is 0 Å². The van der Waals surface area contributed by atoms with Crippen LogP contribution < -0.4 is 9.47 Å². The quantitative estimate of drug-likeness (QED) is 0.0207. The van der Waals surface area contributed by atoms with Gasteiger partial charge in [-0.05, 0) is 0 Å². The Balaban J connectivity index is 0.000000347. The molecule has 0 atom stereocenters. The average molecular weight is 2190 g/mol. The molecule has 19 heteroatoms. The fourth-order valence-corrected chi connectivity index (χ4v) is 34.2. The van der Waals surface area contributed by atoms with Crippen LogP contribution in [0.3, 0.4) is 0 Å². The molecule has 0 aromatic heterocycles. The van der Waals surface area contributed by atoms with Crippen LogP contribution in [0.25, 0.3) is 89.0 Å². The molecular formula is C126H160F8Ge2O8Zr. The second-order valence-electron chi connectivity index (χ2n) is 49.4. The van der Waals surface area contributed by atoms with Crippen LogP contribution in [0.4, 0.5) is 35.1 Å². The van der Waals surface area contributed by atoms with Crippen molar-refractivity contribution in [2.24, 2.45) is 0 Å². The van der Waals surface area contributed by atoms with Gasteiger partial charge in [-0.1, -0.05) is 0 Å². The standard InChI is InChI=1S/2C62H76F4GeO4.2CH3.Zr/c2*1-35(2)67(36(3)4,33-70-55-31-53(65)51(63)29-47(55)49-21-37(5)19-45(57(49)68)39-23-41(59(7,8)9)27-42(24-39)60(10,11)12)34-71-56-32-54(66)52(64)30-48(56)50-22-38(6)20-46(58(50)69)40-25-43(61(13,14)15)28-44(26-40)62(16,17)18;;;/h2*19-32,35-36,68-69H,33-34H2,1-18H3;2*1H3;/q;;2*-1;/p+2. The van der Waals surface area contributed by atoms with Gasteiger partial charge in [0.2, 0.25) is 0 Å². The van der Waals surface area contributed by atoms with Crippen molar-refractivity contribution in [3.8, 4) is 135 Å². The molecule has 12 aromatic rings. The van der Waals surface area contributed by atoms with Crippen molar-refractivity contribution in [3.05, 3.63) is 298 Å². The molecule has 145 heavy (non-hydrogen) atoms. The van der Waals surface area contributed by atoms with Crippen molar-refractivity contribution in [3.63, 3.8) is 0 Å². The Morgan fingerprint density at radius 2 is 0.407 bits per heavy atom. The second-order valence-corrected chi connectivity index (χ2v) is 72.0. The summed E-state index contributed by atoms with van der Waals surface area (Å²) in [5.41, 5.74) is 19.0. The summed E-state index contributed by atoms with van der Waals surface area (Å²) in [6.45, 7) is 76.0. The largest absolute Gasteiger partial charge is 0.358 e. The van der Waals surface area contributed by atoms with Gasteiger partial charge in [0.15, 0.2) is 0 Å². The molecule has 12 rings (SSSR count). The van der Waals surface area contributed by atoms with E-state index in [1.165, 1.54) is 0 Å². The van der Waals surface area contributed by atoms with Crippen LogP contribution in [-0.4, -0.2) is 78.2 Å². The average Bonchev–Trinajstić information content (AvgIpc) is 0.783. The predicted molar refractivity (Wildman–Crippen MR) is 593 cm³/mol. The molecule has 8 nitrogen and oxygen atoms in total. The van der Waals surface area contributed by atoms with Gasteiger partial charge in [-0.25, -0.2) is 0 Å². The van der Waals surface area contributed by atoms with E-state index in [0.717, 1.165) is 138 Å². The van der Waals surface area contributed by atoms with E-state index in [9.17, 15) is 20.4 Å². The smallest absolute Gasteiger partial charge is 0 e. The molecule has 0 fully saturated rings. The number of aromatic hydroxyl groups is 6. The summed E-state index contributed by atoms with van der Waals surface area (Å²) in [6, 6.07) is 48.8. The van der Waals surface area contributed by atoms with E-state index in [1.54, 1.807) is 24.3 Å². The van der Waals surface area contributed by atoms with Crippen LogP contribution in [0, 0.1) is 89.1 Å². The van der Waals surface area contributed by atoms with Crippen molar-refractivity contribution < 1.29 is 101 Å². The Bertz CT molecular complexity index is 5800. The second kappa shape index (κ2) is 45.1. The molecule has 0 aliphatic heterocycles. The zero-order valence-electron chi connectivity index (χ0n) is 93.3. The number of aliphatic hydroxyl groups is 2. The maximum Gasteiger partial charge on any atom is 0 e. The van der Waals surface area contributed by atoms with Crippen molar-refractivity contribution in [2.75, 3.05) is 21.8 Å². The molecule has 0 bridgehead atoms. The van der Waals surface area contributed by atoms with Gasteiger partial charge in [-0.15, -0.1) is 0 Å². The Kier molecular flexibility index (Phi) is 37.5. The van der Waals surface area contributed by atoms with Gasteiger partial charge in [0.05, 0.1) is 0 Å². The minimum Gasteiger partial charge on any atom is -0.358 e. The number of rotatable bonds is 24. The van der Waals surface area contributed by atoms with Crippen LogP contribution in [0.5, 0.6) is 46.0 Å². The first-order chi connectivity index (χ1) is 65.2. The number of hydrogen-bond donors (Lipinski definition) is 4. The van der Waals surface area contributed by atoms with Gasteiger partial charge in [-0.3, -0.25) is 0 Å². The summed E-state index contributed by atoms with van der Waals surface area (Å²) in [7, 11) is 0. The molecule has 0 radical (unpaired) electrons. The molecular weight excluding hydrogens is 2030 g/mol. The third-order valence-corrected chi connectivity index (χ3v) is 54.2. The molecule has 6 N–H and O–H groups in total. The number of phenolic OH excluding ortho intramolecular Hbond substituents is 4. The molecule has 12 aromatic carbocycles. The molecule has 0 amide bonds. The number of ether oxygens (including phenoxy) is 4. The summed E-state index contributed by atoms with van der Waals surface area (Å²) in [5.74, 6) is -8.44. The molecule has 780 valence electrons. The first-order valence-electron chi connectivity index (χ1n) is 49.8. The normalized spacial score (nSPS) is 12.6. The van der Waals surface area contributed by atoms with Crippen LogP contribution in [0.2, 0.25) is 19.0 Å². The third-order valence-electron chi connectivity index (χ3n) is 28.9. The molecule has 0 spiro atoms. The van der Waals surface area contributed by atoms with Crippen LogP contribution in [-0.2, 0) is 69.5 Å². The number of phenols is 4. The number of halogens is 8. The molecule has 0 aliphatic rings. The van der Waals surface area contributed by atoms with E-state index in [-0.39, 0.29) is 193 Å². The van der Waals surface area contributed by atoms with E-state index >= 15 is 35.1 Å². The summed E-state index contributed by atoms with van der Waals surface area (Å²) in [6.07, 6.45) is 0. The van der Waals surface area contributed by atoms with Gasteiger partial charge in [0, 0.05) is 26.2 Å². The fourth-order valence-electron chi connectivity index (χ4n) is 18.6. The number of benzene rings is 12. The maximum absolute atomic E-state index is 15.5. The summed E-state index contributed by atoms with van der Waals surface area (Å²) >= 11 is -7.12. The zero-order valence-corrected chi connectivity index (χ0v) is 100.0. The van der Waals surface area contributed by atoms with Crippen LogP contribution in [0.1, 0.15) is 288 Å². The molecule has 0 unspecified atom stereocenters. The summed E-state index contributed by atoms with van der Waals surface area (Å²) in [4.78, 5) is 0. The number of hydrogen-bond acceptors (Lipinski definition) is 6. The van der Waals surface area contributed by atoms with E-state index in [2.05, 4.69) is 294 Å². The van der Waals surface area contributed by atoms with Gasteiger partial charge in [-0.2, -0.15) is 0 Å². The Morgan fingerprint density at radius 1 is 0.234 bits per heavy atom. The van der Waals surface area contributed by atoms with E-state index in [1.807, 2.05) is 52.0 Å². The minimum atomic E-state index is -3.61. The Hall–Kier alpha value is -9.55. The Morgan fingerprint density at radius 3 is 0.600 bits per heavy atom. The van der Waals surface area contributed by atoms with Gasteiger partial charge in [0.1, 0.15) is 0 Å². The van der Waals surface area contributed by atoms with Crippen molar-refractivity contribution in [1.29, 1.82) is 0 Å². The third kappa shape index (κ3) is 27.2. The fraction of sp³-hybridized carbons (Fsp3) is 0.413. The number of aryl methyl sites for hydroxylation is 4. The predicted octanol–water partition coefficient (Wildman–Crippen LogP) is 36.5. The SMILES string of the molecule is Cc1cc(-c2cc(C(C)(C)C)cc(C(C)(C)C)c2)c(O)c(-c2cc(F)c(F)cc2O[CH2][Ge]([CH2]Oc2cc(F)c(F)cc2-c2cc(C)cc(-c3cc(C(C)(C)C)cc(C(C)(C)C)c3)c2O)([CH](C)C)[CH](C)C)c1.Cc1cc(-c2cc(C(C)(C)C)cc(C(C)(C)C)c2)c(O)c(-c2cc(F)c(F)cc2[OH+][CH2][Ge]([CH2][OH+]c2cc(F)c(F)cc2-c2cc(C)cc(-c3cc(C(C)(C)C)cc(C(C)(C)C)c3)c2O)([CH](C)C)[CH](C)C)c1.[CH3-].[CH3-].[Zr]. The molecule has 0 heterocycles. The molecule has 0 saturated heterocycles. The maximum atomic E-state index is 15.5. The van der Waals surface area contributed by atoms with E-state index in [4.69, 9.17) is 18.9 Å². The molecule has 0 saturated carbocycles. The van der Waals surface area contributed by atoms with E-state index in [0.29, 0.717) is 44.5 Å². The van der Waals surface area contributed by atoms with Crippen molar-refractivity contribution >= 4 is 26.5 Å². The first kappa shape index (κ1) is 121. The zero-order chi connectivity index (χ0) is 106. The van der Waals surface area contributed by atoms with Crippen LogP contribution >= 0.6 is 0 Å². The summed E-state index contributed by atoms with van der Waals surface area (Å²) in [5, 5.41) is 48.9. The van der Waals surface area contributed by atoms with Crippen LogP contribution in [0.15, 0.2) is 170 Å². The van der Waals surface area contributed by atoms with E-state index < -0.39 is 73.1 Å². The van der Waals surface area contributed by atoms with Crippen molar-refractivity contribution in [2.45, 2.75) is 312 Å². The van der Waals surface area contributed by atoms with Gasteiger partial charge < -0.3 is 14.9 Å². The minimum absolute atomic E-state index is 0. The summed E-state index contributed by atoms with van der Waals surface area (Å²) < 4.78 is 148. The topological polar surface area (TPSA) is 125 Å². The Labute approximate surface area is 886 Å². The monoisotopic (exact) mass is 2190 g/mol.